The van der Waals surface area contributed by atoms with Crippen molar-refractivity contribution in [2.24, 2.45) is 17.3 Å². The summed E-state index contributed by atoms with van der Waals surface area (Å²) in [6, 6.07) is 7.87. The van der Waals surface area contributed by atoms with Crippen molar-refractivity contribution in [1.82, 2.24) is 0 Å². The highest BCUT2D eigenvalue weighted by molar-refractivity contribution is 5.93. The Morgan fingerprint density at radius 2 is 1.23 bits per heavy atom. The lowest BCUT2D eigenvalue weighted by molar-refractivity contribution is -0.192. The molecular weight excluding hydrogens is 732 g/mol. The summed E-state index contributed by atoms with van der Waals surface area (Å²) in [6.07, 6.45) is -5.42. The normalized spacial score (nSPS) is 30.9. The first-order valence-electron chi connectivity index (χ1n) is 18.2. The zero-order valence-corrected chi connectivity index (χ0v) is 33.5. The molecule has 0 aromatic heterocycles. The van der Waals surface area contributed by atoms with Gasteiger partial charge in [-0.3, -0.25) is 33.6 Å². The Bertz CT molecular complexity index is 1750. The molecule has 1 aromatic rings. The number of hydrogen-bond donors (Lipinski definition) is 0. The Morgan fingerprint density at radius 1 is 0.696 bits per heavy atom. The molecule has 0 radical (unpaired) electrons. The van der Waals surface area contributed by atoms with Crippen molar-refractivity contribution in [1.29, 1.82) is 0 Å². The fraction of sp³-hybridized carbons (Fsp3) is 0.561. The summed E-state index contributed by atoms with van der Waals surface area (Å²) in [5.74, 6) is -9.21. The molecule has 0 unspecified atom stereocenters. The van der Waals surface area contributed by atoms with Crippen LogP contribution in [0, 0.1) is 17.3 Å². The van der Waals surface area contributed by atoms with Gasteiger partial charge in [0.05, 0.1) is 11.5 Å². The number of allylic oxidation sites excluding steroid dienone is 1. The minimum atomic E-state index is -2.28. The Kier molecular flexibility index (Phi) is 14.5. The summed E-state index contributed by atoms with van der Waals surface area (Å²) in [7, 11) is 0. The zero-order valence-electron chi connectivity index (χ0n) is 33.5. The summed E-state index contributed by atoms with van der Waals surface area (Å²) >= 11 is 0. The van der Waals surface area contributed by atoms with Crippen molar-refractivity contribution in [2.75, 3.05) is 0 Å². The van der Waals surface area contributed by atoms with Gasteiger partial charge < -0.3 is 33.2 Å². The number of rotatable bonds is 8. The van der Waals surface area contributed by atoms with Crippen LogP contribution >= 0.6 is 0 Å². The van der Waals surface area contributed by atoms with Crippen LogP contribution in [0.25, 0.3) is 0 Å². The van der Waals surface area contributed by atoms with Crippen LogP contribution < -0.4 is 0 Å². The van der Waals surface area contributed by atoms with E-state index < -0.39 is 119 Å². The third-order valence-corrected chi connectivity index (χ3v) is 9.74. The van der Waals surface area contributed by atoms with Crippen molar-refractivity contribution in [3.8, 4) is 0 Å². The Morgan fingerprint density at radius 3 is 1.75 bits per heavy atom. The van der Waals surface area contributed by atoms with Gasteiger partial charge in [0.2, 0.25) is 0 Å². The smallest absolute Gasteiger partial charge is 0.338 e. The van der Waals surface area contributed by atoms with Crippen molar-refractivity contribution < 1.29 is 71.5 Å². The van der Waals surface area contributed by atoms with Gasteiger partial charge >= 0.3 is 41.8 Å². The summed E-state index contributed by atoms with van der Waals surface area (Å²) < 4.78 is 41.1. The fourth-order valence-electron chi connectivity index (χ4n) is 7.72. The van der Waals surface area contributed by atoms with Gasteiger partial charge in [0, 0.05) is 65.7 Å². The summed E-state index contributed by atoms with van der Waals surface area (Å²) in [5, 5.41) is 0. The lowest BCUT2D eigenvalue weighted by Gasteiger charge is -2.42. The second-order valence-corrected chi connectivity index (χ2v) is 15.2. The number of carbonyl (C=O) groups excluding carboxylic acids is 8. The minimum Gasteiger partial charge on any atom is -0.462 e. The van der Waals surface area contributed by atoms with E-state index in [2.05, 4.69) is 6.58 Å². The number of hydrogen-bond acceptors (Lipinski definition) is 15. The van der Waals surface area contributed by atoms with Crippen LogP contribution in [-0.2, 0) is 66.7 Å². The molecule has 3 rings (SSSR count). The van der Waals surface area contributed by atoms with E-state index in [1.54, 1.807) is 51.1 Å². The first-order valence-corrected chi connectivity index (χ1v) is 18.2. The lowest BCUT2D eigenvalue weighted by Crippen LogP contribution is -2.56. The highest BCUT2D eigenvalue weighted by Gasteiger charge is 2.71. The monoisotopic (exact) mass is 784 g/mol. The van der Waals surface area contributed by atoms with E-state index in [1.165, 1.54) is 19.1 Å². The molecule has 2 aliphatic carbocycles. The molecule has 0 aliphatic heterocycles. The van der Waals surface area contributed by atoms with Crippen LogP contribution in [0.2, 0.25) is 0 Å². The molecule has 15 nitrogen and oxygen atoms in total. The number of Topliss-reactive ketones (excluding diaryl/α,β-unsaturated/α-hetero) is 1. The lowest BCUT2D eigenvalue weighted by atomic mass is 9.73. The van der Waals surface area contributed by atoms with Gasteiger partial charge in [0.25, 0.3) is 0 Å². The van der Waals surface area contributed by atoms with Crippen LogP contribution in [0.4, 0.5) is 0 Å². The molecule has 9 atom stereocenters. The Labute approximate surface area is 326 Å². The molecule has 0 spiro atoms. The second-order valence-electron chi connectivity index (χ2n) is 15.2. The van der Waals surface area contributed by atoms with Gasteiger partial charge in [-0.2, -0.15) is 0 Å². The second kappa shape index (κ2) is 18.1. The quantitative estimate of drug-likeness (QED) is 0.199. The topological polar surface area (TPSA) is 201 Å². The summed E-state index contributed by atoms with van der Waals surface area (Å²) in [5.41, 5.74) is -5.30. The maximum atomic E-state index is 15.0. The average molecular weight is 785 g/mol. The standard InChI is InChI=1S/C41H52O15/c1-22-16-15-19-39(9,10)37(54-28(7)46)34(52-26(5)44)33(51-25(4)43)23(2)20-31(50-24(3)42)32-36(53-27(6)45)40(11,21-41(32,35(22)48)55-29(8)47)56-38(49)30-17-13-12-14-18-30/h12-15,17-19,22,31-34,36-37H,2,16,20-21H2,1,3-11H3/b19-15-/t22-,31-,32-,33-,34+,36+,37+,40+,41+/m0/s1. The number of fused-ring (bicyclic) bond motifs is 1. The van der Waals surface area contributed by atoms with Crippen LogP contribution in [0.3, 0.4) is 0 Å². The van der Waals surface area contributed by atoms with Crippen molar-refractivity contribution in [3.05, 3.63) is 60.2 Å². The van der Waals surface area contributed by atoms with E-state index in [4.69, 9.17) is 33.2 Å². The molecular formula is C41H52O15. The molecule has 2 aliphatic rings. The summed E-state index contributed by atoms with van der Waals surface area (Å²) in [4.78, 5) is 106. The van der Waals surface area contributed by atoms with Gasteiger partial charge in [-0.05, 0) is 31.1 Å². The highest BCUT2D eigenvalue weighted by Crippen LogP contribution is 2.54. The number of benzene rings is 1. The van der Waals surface area contributed by atoms with Crippen LogP contribution in [0.1, 0.15) is 98.9 Å². The van der Waals surface area contributed by atoms with Gasteiger partial charge in [-0.25, -0.2) is 4.79 Å². The third kappa shape index (κ3) is 10.7. The van der Waals surface area contributed by atoms with Gasteiger partial charge in [-0.15, -0.1) is 0 Å². The SMILES string of the molecule is C=C1C[C@H](OC(C)=O)[C@H]2[C@@H](OC(C)=O)[C@](C)(OC(=O)c3ccccc3)C[C@]2(OC(C)=O)C(=O)[C@@H](C)C/C=C\C(C)(C)[C@H](OC(C)=O)[C@H](OC(C)=O)[C@H]1OC(C)=O. The number of ether oxygens (including phenoxy) is 7. The molecule has 1 fully saturated rings. The van der Waals surface area contributed by atoms with Crippen LogP contribution in [0.5, 0.6) is 0 Å². The maximum Gasteiger partial charge on any atom is 0.338 e. The molecule has 1 aromatic carbocycles. The molecule has 0 amide bonds. The molecule has 0 N–H and O–H groups in total. The summed E-state index contributed by atoms with van der Waals surface area (Å²) in [6.45, 7) is 17.0. The third-order valence-electron chi connectivity index (χ3n) is 9.74. The Hall–Kier alpha value is -5.34. The molecule has 1 saturated carbocycles. The van der Waals surface area contributed by atoms with E-state index in [0.717, 1.165) is 41.5 Å². The van der Waals surface area contributed by atoms with Gasteiger partial charge in [0.1, 0.15) is 6.10 Å². The van der Waals surface area contributed by atoms with Crippen molar-refractivity contribution in [2.45, 2.75) is 130 Å². The van der Waals surface area contributed by atoms with Crippen LogP contribution in [0.15, 0.2) is 54.6 Å². The molecule has 15 heteroatoms. The molecule has 56 heavy (non-hydrogen) atoms. The highest BCUT2D eigenvalue weighted by atomic mass is 16.6. The van der Waals surface area contributed by atoms with Crippen molar-refractivity contribution in [3.63, 3.8) is 0 Å². The molecule has 0 saturated heterocycles. The molecule has 0 heterocycles. The van der Waals surface area contributed by atoms with E-state index >= 15 is 4.79 Å². The van der Waals surface area contributed by atoms with Crippen LogP contribution in [-0.4, -0.2) is 89.3 Å². The van der Waals surface area contributed by atoms with Gasteiger partial charge in [-0.1, -0.05) is 57.7 Å². The number of carbonyl (C=O) groups is 8. The number of esters is 7. The maximum absolute atomic E-state index is 15.0. The van der Waals surface area contributed by atoms with E-state index in [9.17, 15) is 33.6 Å². The number of ketones is 1. The van der Waals surface area contributed by atoms with E-state index in [1.807, 2.05) is 0 Å². The van der Waals surface area contributed by atoms with E-state index in [0.29, 0.717) is 0 Å². The minimum absolute atomic E-state index is 0.0000854. The predicted molar refractivity (Wildman–Crippen MR) is 196 cm³/mol. The Balaban J connectivity index is 2.47. The average Bonchev–Trinajstić information content (AvgIpc) is 3.29. The first kappa shape index (κ1) is 45.1. The van der Waals surface area contributed by atoms with Gasteiger partial charge in [0.15, 0.2) is 41.4 Å². The van der Waals surface area contributed by atoms with Crippen molar-refractivity contribution >= 4 is 47.6 Å². The molecule has 0 bridgehead atoms. The molecule has 306 valence electrons. The largest absolute Gasteiger partial charge is 0.462 e. The fourth-order valence-corrected chi connectivity index (χ4v) is 7.72. The predicted octanol–water partition coefficient (Wildman–Crippen LogP) is 4.72. The van der Waals surface area contributed by atoms with E-state index in [-0.39, 0.29) is 17.6 Å². The zero-order chi connectivity index (χ0) is 42.3. The first-order chi connectivity index (χ1) is 25.9.